The normalized spacial score (nSPS) is 12.2. The van der Waals surface area contributed by atoms with Crippen molar-refractivity contribution in [1.82, 2.24) is 20.1 Å². The van der Waals surface area contributed by atoms with Crippen molar-refractivity contribution in [3.8, 4) is 16.9 Å². The second-order valence-electron chi connectivity index (χ2n) is 8.58. The Kier molecular flexibility index (Phi) is 6.01. The smallest absolute Gasteiger partial charge is 0.305 e. The van der Waals surface area contributed by atoms with E-state index in [0.29, 0.717) is 39.4 Å². The molecule has 3 aromatic heterocycles. The van der Waals surface area contributed by atoms with Crippen LogP contribution in [0.1, 0.15) is 35.3 Å². The number of nitrogens with one attached hydrogen (secondary N) is 2. The Morgan fingerprint density at radius 3 is 2.67 bits per heavy atom. The number of ether oxygens (including phenoxy) is 1. The van der Waals surface area contributed by atoms with E-state index in [9.17, 15) is 9.90 Å². The summed E-state index contributed by atoms with van der Waals surface area (Å²) < 4.78 is 11.1. The number of hydrogen-bond donors (Lipinski definition) is 3. The van der Waals surface area contributed by atoms with E-state index < -0.39 is 12.0 Å². The van der Waals surface area contributed by atoms with E-state index in [-0.39, 0.29) is 6.42 Å². The number of halogens is 1. The van der Waals surface area contributed by atoms with Crippen molar-refractivity contribution in [2.45, 2.75) is 33.2 Å². The molecule has 5 aromatic rings. The average molecular weight is 506 g/mol. The number of fused-ring (bicyclic) bond motifs is 3. The van der Waals surface area contributed by atoms with Crippen molar-refractivity contribution in [2.75, 3.05) is 12.4 Å². The molecule has 2 aromatic carbocycles. The van der Waals surface area contributed by atoms with Gasteiger partial charge in [-0.25, -0.2) is 9.97 Å². The Morgan fingerprint density at radius 2 is 2.00 bits per heavy atom. The molecule has 0 fully saturated rings. The highest BCUT2D eigenvalue weighted by Gasteiger charge is 2.23. The number of benzene rings is 2. The van der Waals surface area contributed by atoms with Crippen LogP contribution >= 0.6 is 11.6 Å². The van der Waals surface area contributed by atoms with Crippen molar-refractivity contribution in [2.24, 2.45) is 0 Å². The summed E-state index contributed by atoms with van der Waals surface area (Å²) in [5.41, 5.74) is 4.57. The summed E-state index contributed by atoms with van der Waals surface area (Å²) in [7, 11) is 1.61. The van der Waals surface area contributed by atoms with Crippen LogP contribution in [0.4, 0.5) is 5.82 Å². The number of hydrogen-bond acceptors (Lipinski definition) is 7. The molecule has 0 amide bonds. The van der Waals surface area contributed by atoms with Crippen LogP contribution in [0.25, 0.3) is 33.1 Å². The number of carbonyl (C=O) groups is 1. The van der Waals surface area contributed by atoms with Gasteiger partial charge in [0.25, 0.3) is 0 Å². The predicted octanol–water partition coefficient (Wildman–Crippen LogP) is 5.98. The van der Waals surface area contributed by atoms with Gasteiger partial charge in [-0.2, -0.15) is 0 Å². The number of aryl methyl sites for hydroxylation is 3. The summed E-state index contributed by atoms with van der Waals surface area (Å²) in [6.45, 7) is 5.53. The van der Waals surface area contributed by atoms with Crippen LogP contribution in [0.15, 0.2) is 40.9 Å². The van der Waals surface area contributed by atoms with Gasteiger partial charge < -0.3 is 24.7 Å². The first kappa shape index (κ1) is 23.6. The highest BCUT2D eigenvalue weighted by atomic mass is 35.5. The van der Waals surface area contributed by atoms with Gasteiger partial charge in [-0.15, -0.1) is 0 Å². The van der Waals surface area contributed by atoms with Crippen LogP contribution < -0.4 is 10.1 Å². The minimum absolute atomic E-state index is 0.184. The molecule has 0 bridgehead atoms. The Balaban J connectivity index is 1.71. The largest absolute Gasteiger partial charge is 0.496 e. The summed E-state index contributed by atoms with van der Waals surface area (Å²) in [6, 6.07) is 10.5. The number of aromatic amines is 1. The monoisotopic (exact) mass is 505 g/mol. The van der Waals surface area contributed by atoms with Gasteiger partial charge in [0.2, 0.25) is 0 Å². The molecule has 1 atom stereocenters. The lowest BCUT2D eigenvalue weighted by Crippen LogP contribution is -2.17. The lowest BCUT2D eigenvalue weighted by molar-refractivity contribution is -0.137. The number of rotatable bonds is 7. The Morgan fingerprint density at radius 1 is 1.22 bits per heavy atom. The topological polar surface area (TPSA) is 126 Å². The van der Waals surface area contributed by atoms with Crippen molar-refractivity contribution >= 4 is 45.3 Å². The number of anilines is 1. The third kappa shape index (κ3) is 4.11. The standard InChI is InChI=1S/C26H24ClN5O4/c1-12-23(13(2)36-32-12)17-9-19-16(10-21(17)35-4)24-25(30-19)28-14(3)29-26(24)31-20(11-22(33)34)15-7-5-6-8-18(15)27/h5-10,20H,11H2,1-4H3,(H,33,34)(H2,28,29,30,31). The lowest BCUT2D eigenvalue weighted by Gasteiger charge is -2.20. The number of aliphatic carboxylic acids is 1. The summed E-state index contributed by atoms with van der Waals surface area (Å²) in [6.07, 6.45) is -0.184. The van der Waals surface area contributed by atoms with E-state index in [1.807, 2.05) is 38.1 Å². The molecule has 36 heavy (non-hydrogen) atoms. The van der Waals surface area contributed by atoms with Gasteiger partial charge in [-0.1, -0.05) is 35.0 Å². The van der Waals surface area contributed by atoms with E-state index in [2.05, 4.69) is 25.4 Å². The number of H-pyrrole nitrogens is 1. The number of nitrogens with zero attached hydrogens (tertiary/aromatic N) is 3. The average Bonchev–Trinajstić information content (AvgIpc) is 3.35. The highest BCUT2D eigenvalue weighted by molar-refractivity contribution is 6.31. The molecule has 10 heteroatoms. The fourth-order valence-corrected chi connectivity index (χ4v) is 4.88. The zero-order chi connectivity index (χ0) is 25.6. The number of carboxylic acids is 1. The minimum atomic E-state index is -0.959. The number of methoxy groups -OCH3 is 1. The van der Waals surface area contributed by atoms with Gasteiger partial charge >= 0.3 is 5.97 Å². The minimum Gasteiger partial charge on any atom is -0.496 e. The highest BCUT2D eigenvalue weighted by Crippen LogP contribution is 2.41. The van der Waals surface area contributed by atoms with Gasteiger partial charge in [0, 0.05) is 21.5 Å². The zero-order valence-electron chi connectivity index (χ0n) is 20.1. The summed E-state index contributed by atoms with van der Waals surface area (Å²) >= 11 is 6.42. The fraction of sp³-hybridized carbons (Fsp3) is 0.231. The molecule has 9 nitrogen and oxygen atoms in total. The molecule has 3 heterocycles. The molecule has 0 radical (unpaired) electrons. The second kappa shape index (κ2) is 9.16. The maximum atomic E-state index is 11.7. The first-order chi connectivity index (χ1) is 17.3. The van der Waals surface area contributed by atoms with E-state index in [1.54, 1.807) is 26.2 Å². The predicted molar refractivity (Wildman–Crippen MR) is 138 cm³/mol. The third-order valence-corrected chi connectivity index (χ3v) is 6.50. The van der Waals surface area contributed by atoms with Crippen LogP contribution in [0, 0.1) is 20.8 Å². The fourth-order valence-electron chi connectivity index (χ4n) is 4.61. The summed E-state index contributed by atoms with van der Waals surface area (Å²) in [4.78, 5) is 24.3. The van der Waals surface area contributed by atoms with Gasteiger partial charge in [0.05, 0.1) is 36.2 Å². The van der Waals surface area contributed by atoms with Crippen molar-refractivity contribution < 1.29 is 19.2 Å². The van der Waals surface area contributed by atoms with Crippen LogP contribution in [0.3, 0.4) is 0 Å². The summed E-state index contributed by atoms with van der Waals surface area (Å²) in [5, 5.41) is 19.0. The lowest BCUT2D eigenvalue weighted by atomic mass is 10.0. The number of carboxylic acid groups (broad SMARTS) is 1. The molecule has 184 valence electrons. The molecule has 0 spiro atoms. The van der Waals surface area contributed by atoms with Gasteiger partial charge in [0.1, 0.15) is 28.8 Å². The molecule has 3 N–H and O–H groups in total. The second-order valence-corrected chi connectivity index (χ2v) is 8.99. The quantitative estimate of drug-likeness (QED) is 0.246. The number of aromatic nitrogens is 4. The molecule has 0 saturated carbocycles. The van der Waals surface area contributed by atoms with Crippen molar-refractivity contribution in [3.05, 3.63) is 64.3 Å². The van der Waals surface area contributed by atoms with E-state index >= 15 is 0 Å². The van der Waals surface area contributed by atoms with Gasteiger partial charge in [-0.05, 0) is 44.5 Å². The maximum Gasteiger partial charge on any atom is 0.305 e. The van der Waals surface area contributed by atoms with E-state index in [1.165, 1.54) is 0 Å². The molecule has 1 unspecified atom stereocenters. The van der Waals surface area contributed by atoms with Crippen LogP contribution in [-0.2, 0) is 4.79 Å². The first-order valence-electron chi connectivity index (χ1n) is 11.3. The Bertz CT molecular complexity index is 1600. The maximum absolute atomic E-state index is 11.7. The van der Waals surface area contributed by atoms with E-state index in [4.69, 9.17) is 20.9 Å². The molecule has 0 aliphatic rings. The first-order valence-corrected chi connectivity index (χ1v) is 11.7. The van der Waals surface area contributed by atoms with Crippen molar-refractivity contribution in [3.63, 3.8) is 0 Å². The van der Waals surface area contributed by atoms with Crippen LogP contribution in [-0.4, -0.2) is 38.3 Å². The Hall–Kier alpha value is -4.11. The molecule has 0 aliphatic carbocycles. The summed E-state index contributed by atoms with van der Waals surface area (Å²) in [5.74, 6) is 1.40. The molecule has 5 rings (SSSR count). The molecular weight excluding hydrogens is 482 g/mol. The molecule has 0 saturated heterocycles. The van der Waals surface area contributed by atoms with Crippen molar-refractivity contribution in [1.29, 1.82) is 0 Å². The molecular formula is C26H24ClN5O4. The Labute approximate surface area is 211 Å². The van der Waals surface area contributed by atoms with Crippen LogP contribution in [0.5, 0.6) is 5.75 Å². The van der Waals surface area contributed by atoms with Crippen LogP contribution in [0.2, 0.25) is 5.02 Å². The SMILES string of the molecule is COc1cc2c(cc1-c1c(C)noc1C)[nH]c1nc(C)nc(NC(CC(=O)O)c3ccccc3Cl)c12. The zero-order valence-corrected chi connectivity index (χ0v) is 20.9. The third-order valence-electron chi connectivity index (χ3n) is 6.16. The van der Waals surface area contributed by atoms with Gasteiger partial charge in [-0.3, -0.25) is 4.79 Å². The van der Waals surface area contributed by atoms with Gasteiger partial charge in [0.15, 0.2) is 0 Å². The molecule has 0 aliphatic heterocycles. The van der Waals surface area contributed by atoms with E-state index in [0.717, 1.165) is 33.1 Å².